The van der Waals surface area contributed by atoms with Crippen molar-refractivity contribution in [3.05, 3.63) is 70.1 Å². The Morgan fingerprint density at radius 3 is 2.74 bits per heavy atom. The standard InChI is InChI=1S/C16H13N3O3S/c1-11-5-7-14(8-6-11)23-10-15-17-16(18-22-15)12-3-2-4-13(9-12)19(20)21/h2-9H,10H2,1H3. The van der Waals surface area contributed by atoms with Crippen molar-refractivity contribution in [2.75, 3.05) is 0 Å². The van der Waals surface area contributed by atoms with E-state index in [0.29, 0.717) is 23.0 Å². The topological polar surface area (TPSA) is 82.1 Å². The van der Waals surface area contributed by atoms with E-state index < -0.39 is 4.92 Å². The van der Waals surface area contributed by atoms with Crippen LogP contribution in [0.25, 0.3) is 11.4 Å². The zero-order valence-corrected chi connectivity index (χ0v) is 13.1. The lowest BCUT2D eigenvalue weighted by molar-refractivity contribution is -0.384. The third-order valence-corrected chi connectivity index (χ3v) is 4.16. The lowest BCUT2D eigenvalue weighted by atomic mass is 10.2. The Balaban J connectivity index is 1.71. The molecule has 3 rings (SSSR count). The second-order valence-electron chi connectivity index (χ2n) is 4.92. The first kappa shape index (κ1) is 15.2. The van der Waals surface area contributed by atoms with Gasteiger partial charge in [0.05, 0.1) is 10.7 Å². The van der Waals surface area contributed by atoms with Gasteiger partial charge in [-0.2, -0.15) is 4.98 Å². The smallest absolute Gasteiger partial charge is 0.270 e. The maximum atomic E-state index is 10.8. The van der Waals surface area contributed by atoms with Gasteiger partial charge < -0.3 is 4.52 Å². The summed E-state index contributed by atoms with van der Waals surface area (Å²) in [6.07, 6.45) is 0. The minimum atomic E-state index is -0.447. The molecule has 0 atom stereocenters. The zero-order chi connectivity index (χ0) is 16.2. The van der Waals surface area contributed by atoms with Crippen LogP contribution in [-0.2, 0) is 5.75 Å². The molecule has 116 valence electrons. The van der Waals surface area contributed by atoms with E-state index in [9.17, 15) is 10.1 Å². The summed E-state index contributed by atoms with van der Waals surface area (Å²) in [6.45, 7) is 2.04. The fourth-order valence-corrected chi connectivity index (χ4v) is 2.70. The summed E-state index contributed by atoms with van der Waals surface area (Å²) in [5.74, 6) is 1.38. The number of hydrogen-bond donors (Lipinski definition) is 0. The molecule has 0 amide bonds. The minimum Gasteiger partial charge on any atom is -0.338 e. The van der Waals surface area contributed by atoms with Crippen molar-refractivity contribution in [2.24, 2.45) is 0 Å². The fraction of sp³-hybridized carbons (Fsp3) is 0.125. The Morgan fingerprint density at radius 1 is 1.22 bits per heavy atom. The number of benzene rings is 2. The summed E-state index contributed by atoms with van der Waals surface area (Å²) in [5, 5.41) is 14.7. The molecule has 6 nitrogen and oxygen atoms in total. The highest BCUT2D eigenvalue weighted by Crippen LogP contribution is 2.25. The van der Waals surface area contributed by atoms with Gasteiger partial charge in [0.15, 0.2) is 0 Å². The predicted octanol–water partition coefficient (Wildman–Crippen LogP) is 4.25. The zero-order valence-electron chi connectivity index (χ0n) is 12.3. The van der Waals surface area contributed by atoms with Gasteiger partial charge in [-0.1, -0.05) is 35.0 Å². The molecule has 23 heavy (non-hydrogen) atoms. The molecule has 3 aromatic rings. The summed E-state index contributed by atoms with van der Waals surface area (Å²) in [7, 11) is 0. The average Bonchev–Trinajstić information content (AvgIpc) is 3.03. The van der Waals surface area contributed by atoms with Crippen LogP contribution in [0.2, 0.25) is 0 Å². The summed E-state index contributed by atoms with van der Waals surface area (Å²) in [5.41, 5.74) is 1.78. The number of nitrogens with zero attached hydrogens (tertiary/aromatic N) is 3. The SMILES string of the molecule is Cc1ccc(SCc2nc(-c3cccc([N+](=O)[O-])c3)no2)cc1. The normalized spacial score (nSPS) is 10.7. The van der Waals surface area contributed by atoms with Crippen LogP contribution in [0.5, 0.6) is 0 Å². The molecule has 1 heterocycles. The molecule has 0 spiro atoms. The van der Waals surface area contributed by atoms with Crippen molar-refractivity contribution < 1.29 is 9.45 Å². The first-order chi connectivity index (χ1) is 11.1. The average molecular weight is 327 g/mol. The van der Waals surface area contributed by atoms with E-state index in [1.807, 2.05) is 31.2 Å². The van der Waals surface area contributed by atoms with Crippen LogP contribution >= 0.6 is 11.8 Å². The molecule has 0 saturated carbocycles. The number of nitro groups is 1. The monoisotopic (exact) mass is 327 g/mol. The van der Waals surface area contributed by atoms with Crippen molar-refractivity contribution in [2.45, 2.75) is 17.6 Å². The van der Waals surface area contributed by atoms with Crippen LogP contribution in [0.1, 0.15) is 11.5 Å². The largest absolute Gasteiger partial charge is 0.338 e. The second-order valence-corrected chi connectivity index (χ2v) is 5.97. The second kappa shape index (κ2) is 6.62. The molecule has 7 heteroatoms. The number of hydrogen-bond acceptors (Lipinski definition) is 6. The Hall–Kier alpha value is -2.67. The van der Waals surface area contributed by atoms with Crippen molar-refractivity contribution >= 4 is 17.4 Å². The highest BCUT2D eigenvalue weighted by atomic mass is 32.2. The molecule has 0 radical (unpaired) electrons. The van der Waals surface area contributed by atoms with Gasteiger partial charge in [-0.15, -0.1) is 11.8 Å². The van der Waals surface area contributed by atoms with Crippen molar-refractivity contribution in [3.8, 4) is 11.4 Å². The molecule has 0 saturated heterocycles. The minimum absolute atomic E-state index is 0.00267. The molecule has 0 aliphatic heterocycles. The number of thioether (sulfide) groups is 1. The van der Waals surface area contributed by atoms with Crippen molar-refractivity contribution in [1.29, 1.82) is 0 Å². The Morgan fingerprint density at radius 2 is 2.00 bits per heavy atom. The Bertz CT molecular complexity index is 831. The van der Waals surface area contributed by atoms with Gasteiger partial charge in [0, 0.05) is 22.6 Å². The molecule has 0 fully saturated rings. The van der Waals surface area contributed by atoms with Gasteiger partial charge in [-0.05, 0) is 19.1 Å². The molecule has 0 N–H and O–H groups in total. The van der Waals surface area contributed by atoms with Gasteiger partial charge in [0.2, 0.25) is 11.7 Å². The van der Waals surface area contributed by atoms with Crippen molar-refractivity contribution in [1.82, 2.24) is 10.1 Å². The van der Waals surface area contributed by atoms with Crippen LogP contribution < -0.4 is 0 Å². The van der Waals surface area contributed by atoms with Gasteiger partial charge in [0.1, 0.15) is 0 Å². The van der Waals surface area contributed by atoms with E-state index in [2.05, 4.69) is 10.1 Å². The quantitative estimate of drug-likeness (QED) is 0.396. The molecular weight excluding hydrogens is 314 g/mol. The lowest BCUT2D eigenvalue weighted by Gasteiger charge is -1.98. The highest BCUT2D eigenvalue weighted by Gasteiger charge is 2.12. The van der Waals surface area contributed by atoms with E-state index in [4.69, 9.17) is 4.52 Å². The number of rotatable bonds is 5. The molecule has 0 aliphatic rings. The summed E-state index contributed by atoms with van der Waals surface area (Å²) in [6, 6.07) is 14.4. The molecular formula is C16H13N3O3S. The van der Waals surface area contributed by atoms with Gasteiger partial charge in [-0.25, -0.2) is 0 Å². The predicted molar refractivity (Wildman–Crippen MR) is 87.1 cm³/mol. The van der Waals surface area contributed by atoms with Crippen LogP contribution in [0.15, 0.2) is 57.9 Å². The Kier molecular flexibility index (Phi) is 4.38. The summed E-state index contributed by atoms with van der Waals surface area (Å²) >= 11 is 1.59. The number of nitro benzene ring substituents is 1. The molecule has 0 unspecified atom stereocenters. The number of non-ortho nitro benzene ring substituents is 1. The molecule has 0 aliphatic carbocycles. The van der Waals surface area contributed by atoms with E-state index in [1.54, 1.807) is 23.9 Å². The first-order valence-corrected chi connectivity index (χ1v) is 7.87. The maximum Gasteiger partial charge on any atom is 0.270 e. The summed E-state index contributed by atoms with van der Waals surface area (Å²) in [4.78, 5) is 15.8. The lowest BCUT2D eigenvalue weighted by Crippen LogP contribution is -1.89. The maximum absolute atomic E-state index is 10.8. The molecule has 0 bridgehead atoms. The van der Waals surface area contributed by atoms with E-state index in [-0.39, 0.29) is 5.69 Å². The van der Waals surface area contributed by atoms with Crippen molar-refractivity contribution in [3.63, 3.8) is 0 Å². The van der Waals surface area contributed by atoms with Crippen LogP contribution in [0.4, 0.5) is 5.69 Å². The fourth-order valence-electron chi connectivity index (χ4n) is 1.97. The van der Waals surface area contributed by atoms with E-state index in [1.165, 1.54) is 17.7 Å². The third-order valence-electron chi connectivity index (χ3n) is 3.17. The van der Waals surface area contributed by atoms with Crippen LogP contribution in [-0.4, -0.2) is 15.1 Å². The number of aryl methyl sites for hydroxylation is 1. The van der Waals surface area contributed by atoms with Crippen LogP contribution in [0, 0.1) is 17.0 Å². The van der Waals surface area contributed by atoms with Crippen LogP contribution in [0.3, 0.4) is 0 Å². The van der Waals surface area contributed by atoms with E-state index >= 15 is 0 Å². The molecule has 1 aromatic heterocycles. The summed E-state index contributed by atoms with van der Waals surface area (Å²) < 4.78 is 5.21. The highest BCUT2D eigenvalue weighted by molar-refractivity contribution is 7.98. The first-order valence-electron chi connectivity index (χ1n) is 6.89. The van der Waals surface area contributed by atoms with Gasteiger partial charge in [0.25, 0.3) is 5.69 Å². The van der Waals surface area contributed by atoms with E-state index in [0.717, 1.165) is 4.90 Å². The Labute approximate surface area is 136 Å². The van der Waals surface area contributed by atoms with Gasteiger partial charge >= 0.3 is 0 Å². The van der Waals surface area contributed by atoms with Gasteiger partial charge in [-0.3, -0.25) is 10.1 Å². The number of aromatic nitrogens is 2. The third kappa shape index (κ3) is 3.75. The molecule has 2 aromatic carbocycles.